The first-order valence-corrected chi connectivity index (χ1v) is 13.1. The lowest BCUT2D eigenvalue weighted by Crippen LogP contribution is -2.21. The van der Waals surface area contributed by atoms with Gasteiger partial charge in [-0.05, 0) is 60.9 Å². The molecule has 0 bridgehead atoms. The number of benzene rings is 3. The van der Waals surface area contributed by atoms with Crippen LogP contribution < -0.4 is 24.7 Å². The van der Waals surface area contributed by atoms with E-state index in [4.69, 9.17) is 47.9 Å². The molecule has 0 aliphatic carbocycles. The molecule has 0 saturated heterocycles. The molecule has 1 heterocycles. The van der Waals surface area contributed by atoms with Gasteiger partial charge >= 0.3 is 5.97 Å². The van der Waals surface area contributed by atoms with Crippen molar-refractivity contribution in [1.29, 1.82) is 5.26 Å². The average molecular weight is 565 g/mol. The Balaban J connectivity index is 1.62. The lowest BCUT2D eigenvalue weighted by Gasteiger charge is -2.27. The van der Waals surface area contributed by atoms with Crippen molar-refractivity contribution in [3.05, 3.63) is 98.9 Å². The van der Waals surface area contributed by atoms with Gasteiger partial charge in [0.15, 0.2) is 11.5 Å². The molecule has 9 heteroatoms. The summed E-state index contributed by atoms with van der Waals surface area (Å²) in [4.78, 5) is 12.5. The zero-order valence-electron chi connectivity index (χ0n) is 21.4. The molecule has 4 rings (SSSR count). The van der Waals surface area contributed by atoms with Crippen LogP contribution in [-0.2, 0) is 4.79 Å². The molecule has 200 valence electrons. The molecule has 0 spiro atoms. The maximum atomic E-state index is 12.5. The minimum Gasteiger partial charge on any atom is -0.490 e. The standard InChI is InChI=1S/C30H26Cl2N2O5/c1-3-13-37-25-11-6-19(14-27(25)36-4-2)29-22-10-9-21(16-26(22)39-30(34)23(29)17-33)38-28(35)12-7-18-5-8-20(31)15-24(18)32/h5-12,14-16,29H,3-4,13,34H2,1-2H3/b12-7+. The first-order chi connectivity index (χ1) is 18.8. The summed E-state index contributed by atoms with van der Waals surface area (Å²) in [6.07, 6.45) is 3.66. The number of ether oxygens (including phenoxy) is 4. The van der Waals surface area contributed by atoms with Crippen molar-refractivity contribution in [1.82, 2.24) is 0 Å². The fourth-order valence-electron chi connectivity index (χ4n) is 4.09. The molecule has 0 aromatic heterocycles. The van der Waals surface area contributed by atoms with Gasteiger partial charge in [0, 0.05) is 27.8 Å². The normalized spacial score (nSPS) is 14.4. The lowest BCUT2D eigenvalue weighted by atomic mass is 9.83. The summed E-state index contributed by atoms with van der Waals surface area (Å²) < 4.78 is 22.9. The summed E-state index contributed by atoms with van der Waals surface area (Å²) in [6.45, 7) is 4.92. The van der Waals surface area contributed by atoms with Gasteiger partial charge < -0.3 is 24.7 Å². The van der Waals surface area contributed by atoms with Gasteiger partial charge in [-0.1, -0.05) is 48.3 Å². The van der Waals surface area contributed by atoms with E-state index in [2.05, 4.69) is 6.07 Å². The Labute approximate surface area is 236 Å². The van der Waals surface area contributed by atoms with E-state index < -0.39 is 11.9 Å². The summed E-state index contributed by atoms with van der Waals surface area (Å²) in [5, 5.41) is 10.8. The van der Waals surface area contributed by atoms with Crippen LogP contribution in [0.25, 0.3) is 6.08 Å². The van der Waals surface area contributed by atoms with Crippen LogP contribution in [0.5, 0.6) is 23.0 Å². The fraction of sp³-hybridized carbons (Fsp3) is 0.200. The highest BCUT2D eigenvalue weighted by Gasteiger charge is 2.31. The van der Waals surface area contributed by atoms with Crippen LogP contribution >= 0.6 is 23.2 Å². The minimum atomic E-state index is -0.612. The van der Waals surface area contributed by atoms with Crippen molar-refractivity contribution in [2.24, 2.45) is 5.73 Å². The van der Waals surface area contributed by atoms with Crippen LogP contribution in [0.2, 0.25) is 10.0 Å². The Bertz CT molecular complexity index is 1490. The second-order valence-electron chi connectivity index (χ2n) is 8.53. The zero-order chi connectivity index (χ0) is 27.9. The molecule has 2 N–H and O–H groups in total. The monoisotopic (exact) mass is 564 g/mol. The van der Waals surface area contributed by atoms with Crippen molar-refractivity contribution < 1.29 is 23.7 Å². The maximum absolute atomic E-state index is 12.5. The van der Waals surface area contributed by atoms with E-state index in [9.17, 15) is 10.1 Å². The van der Waals surface area contributed by atoms with E-state index in [0.29, 0.717) is 51.6 Å². The van der Waals surface area contributed by atoms with E-state index in [1.54, 1.807) is 36.4 Å². The Morgan fingerprint density at radius 3 is 2.62 bits per heavy atom. The molecule has 1 unspecified atom stereocenters. The smallest absolute Gasteiger partial charge is 0.336 e. The Morgan fingerprint density at radius 2 is 1.90 bits per heavy atom. The predicted molar refractivity (Wildman–Crippen MR) is 150 cm³/mol. The second-order valence-corrected chi connectivity index (χ2v) is 9.38. The van der Waals surface area contributed by atoms with Crippen molar-refractivity contribution in [2.45, 2.75) is 26.2 Å². The molecule has 39 heavy (non-hydrogen) atoms. The van der Waals surface area contributed by atoms with E-state index in [1.807, 2.05) is 32.0 Å². The van der Waals surface area contributed by atoms with Gasteiger partial charge in [-0.25, -0.2) is 4.79 Å². The fourth-order valence-corrected chi connectivity index (χ4v) is 4.56. The van der Waals surface area contributed by atoms with Gasteiger partial charge in [-0.3, -0.25) is 0 Å². The van der Waals surface area contributed by atoms with Crippen molar-refractivity contribution in [3.63, 3.8) is 0 Å². The maximum Gasteiger partial charge on any atom is 0.336 e. The van der Waals surface area contributed by atoms with Gasteiger partial charge in [0.05, 0.1) is 19.1 Å². The number of nitrogens with zero attached hydrogens (tertiary/aromatic N) is 1. The highest BCUT2D eigenvalue weighted by Crippen LogP contribution is 2.45. The average Bonchev–Trinajstić information content (AvgIpc) is 2.91. The predicted octanol–water partition coefficient (Wildman–Crippen LogP) is 7.02. The molecule has 1 aliphatic rings. The molecule has 0 fully saturated rings. The molecule has 0 amide bonds. The second kappa shape index (κ2) is 12.6. The number of carbonyl (C=O) groups excluding carboxylic acids is 1. The number of carbonyl (C=O) groups is 1. The number of allylic oxidation sites excluding steroid dienone is 1. The zero-order valence-corrected chi connectivity index (χ0v) is 22.9. The quantitative estimate of drug-likeness (QED) is 0.169. The molecule has 1 atom stereocenters. The third-order valence-electron chi connectivity index (χ3n) is 5.83. The third kappa shape index (κ3) is 6.48. The number of halogens is 2. The molecule has 3 aromatic rings. The molecule has 7 nitrogen and oxygen atoms in total. The third-order valence-corrected chi connectivity index (χ3v) is 6.40. The van der Waals surface area contributed by atoms with Gasteiger partial charge in [0.25, 0.3) is 0 Å². The topological polar surface area (TPSA) is 104 Å². The number of rotatable bonds is 9. The Morgan fingerprint density at radius 1 is 1.08 bits per heavy atom. The van der Waals surface area contributed by atoms with E-state index in [-0.39, 0.29) is 17.2 Å². The summed E-state index contributed by atoms with van der Waals surface area (Å²) in [6, 6.07) is 17.6. The van der Waals surface area contributed by atoms with Gasteiger partial charge in [-0.2, -0.15) is 5.26 Å². The summed E-state index contributed by atoms with van der Waals surface area (Å²) in [7, 11) is 0. The highest BCUT2D eigenvalue weighted by atomic mass is 35.5. The number of hydrogen-bond acceptors (Lipinski definition) is 7. The molecule has 0 saturated carbocycles. The van der Waals surface area contributed by atoms with Crippen LogP contribution in [0.3, 0.4) is 0 Å². The number of esters is 1. The van der Waals surface area contributed by atoms with E-state index in [1.165, 1.54) is 12.2 Å². The van der Waals surface area contributed by atoms with E-state index >= 15 is 0 Å². The number of fused-ring (bicyclic) bond motifs is 1. The first kappa shape index (κ1) is 27.9. The van der Waals surface area contributed by atoms with Crippen molar-refractivity contribution in [3.8, 4) is 29.1 Å². The first-order valence-electron chi connectivity index (χ1n) is 12.3. The van der Waals surface area contributed by atoms with Crippen LogP contribution in [0, 0.1) is 11.3 Å². The minimum absolute atomic E-state index is 0.0278. The number of nitrogens with two attached hydrogens (primary N) is 1. The van der Waals surface area contributed by atoms with Gasteiger partial charge in [0.1, 0.15) is 23.1 Å². The molecule has 1 aliphatic heterocycles. The highest BCUT2D eigenvalue weighted by molar-refractivity contribution is 6.35. The van der Waals surface area contributed by atoms with Crippen LogP contribution in [-0.4, -0.2) is 19.2 Å². The number of nitriles is 1. The van der Waals surface area contributed by atoms with Crippen LogP contribution in [0.4, 0.5) is 0 Å². The lowest BCUT2D eigenvalue weighted by molar-refractivity contribution is -0.128. The van der Waals surface area contributed by atoms with Crippen LogP contribution in [0.15, 0.2) is 72.1 Å². The summed E-state index contributed by atoms with van der Waals surface area (Å²) in [5.41, 5.74) is 8.50. The number of hydrogen-bond donors (Lipinski definition) is 1. The Kier molecular flexibility index (Phi) is 9.03. The van der Waals surface area contributed by atoms with Gasteiger partial charge in [-0.15, -0.1) is 0 Å². The molecule has 3 aromatic carbocycles. The van der Waals surface area contributed by atoms with E-state index in [0.717, 1.165) is 12.0 Å². The summed E-state index contributed by atoms with van der Waals surface area (Å²) in [5.74, 6) is 0.658. The largest absolute Gasteiger partial charge is 0.490 e. The van der Waals surface area contributed by atoms with Crippen LogP contribution in [0.1, 0.15) is 42.9 Å². The van der Waals surface area contributed by atoms with Crippen molar-refractivity contribution >= 4 is 35.2 Å². The molecule has 0 radical (unpaired) electrons. The summed E-state index contributed by atoms with van der Waals surface area (Å²) >= 11 is 12.1. The van der Waals surface area contributed by atoms with Crippen molar-refractivity contribution in [2.75, 3.05) is 13.2 Å². The Hall–Kier alpha value is -4.12. The molecular formula is C30H26Cl2N2O5. The van der Waals surface area contributed by atoms with Gasteiger partial charge in [0.2, 0.25) is 5.88 Å². The molecular weight excluding hydrogens is 539 g/mol. The SMILES string of the molecule is CCCOc1ccc(C2C(C#N)=C(N)Oc3cc(OC(=O)/C=C/c4ccc(Cl)cc4Cl)ccc32)cc1OCC.